The Balaban J connectivity index is 1.77. The van der Waals surface area contributed by atoms with Crippen molar-refractivity contribution in [3.63, 3.8) is 0 Å². The van der Waals surface area contributed by atoms with Crippen LogP contribution in [0.3, 0.4) is 0 Å². The van der Waals surface area contributed by atoms with Crippen molar-refractivity contribution >= 4 is 0 Å². The Morgan fingerprint density at radius 1 is 1.00 bits per heavy atom. The molecule has 4 aliphatic carbocycles. The van der Waals surface area contributed by atoms with Gasteiger partial charge in [0, 0.05) is 5.41 Å². The van der Waals surface area contributed by atoms with Crippen LogP contribution in [0.2, 0.25) is 0 Å². The van der Waals surface area contributed by atoms with Crippen molar-refractivity contribution in [2.24, 2.45) is 28.6 Å². The lowest BCUT2D eigenvalue weighted by molar-refractivity contribution is -0.113. The maximum atomic E-state index is 10.8. The molecule has 0 aliphatic heterocycles. The van der Waals surface area contributed by atoms with Gasteiger partial charge in [-0.15, -0.1) is 0 Å². The molecule has 3 saturated carbocycles. The van der Waals surface area contributed by atoms with E-state index in [1.54, 1.807) is 0 Å². The number of aliphatic hydroxyl groups is 2. The van der Waals surface area contributed by atoms with Crippen LogP contribution in [0, 0.1) is 28.6 Å². The lowest BCUT2D eigenvalue weighted by Crippen LogP contribution is -2.56. The maximum absolute atomic E-state index is 10.8. The van der Waals surface area contributed by atoms with E-state index < -0.39 is 0 Å². The molecule has 7 atom stereocenters. The van der Waals surface area contributed by atoms with Crippen LogP contribution in [-0.4, -0.2) is 22.4 Å². The van der Waals surface area contributed by atoms with Crippen LogP contribution in [-0.2, 0) is 0 Å². The Labute approximate surface area is 128 Å². The zero-order valence-electron chi connectivity index (χ0n) is 13.5. The predicted molar refractivity (Wildman–Crippen MR) is 83.7 cm³/mol. The average molecular weight is 290 g/mol. The highest BCUT2D eigenvalue weighted by Crippen LogP contribution is 2.64. The Kier molecular flexibility index (Phi) is 3.11. The van der Waals surface area contributed by atoms with Crippen molar-refractivity contribution in [1.82, 2.24) is 0 Å². The molecule has 3 fully saturated rings. The summed E-state index contributed by atoms with van der Waals surface area (Å²) in [5.74, 6) is 1.53. The summed E-state index contributed by atoms with van der Waals surface area (Å²) in [7, 11) is 0. The van der Waals surface area contributed by atoms with Gasteiger partial charge in [0.2, 0.25) is 0 Å². The van der Waals surface area contributed by atoms with Gasteiger partial charge in [-0.3, -0.25) is 0 Å². The van der Waals surface area contributed by atoms with E-state index in [9.17, 15) is 10.2 Å². The quantitative estimate of drug-likeness (QED) is 0.668. The number of fused-ring (bicyclic) bond motifs is 5. The van der Waals surface area contributed by atoms with Crippen LogP contribution < -0.4 is 0 Å². The SMILES string of the molecule is C[C@@]12CCC[C@H]1[C@@H]1C(O)C=C3CCCC(O)[C@]3(C)[C@H]1CC2. The normalized spacial score (nSPS) is 56.2. The van der Waals surface area contributed by atoms with E-state index in [0.717, 1.165) is 19.3 Å². The molecular formula is C19H30O2. The zero-order chi connectivity index (χ0) is 14.8. The summed E-state index contributed by atoms with van der Waals surface area (Å²) >= 11 is 0. The first-order valence-electron chi connectivity index (χ1n) is 9.04. The average Bonchev–Trinajstić information content (AvgIpc) is 2.83. The van der Waals surface area contributed by atoms with Crippen molar-refractivity contribution < 1.29 is 10.2 Å². The largest absolute Gasteiger partial charge is 0.392 e. The molecule has 0 aromatic heterocycles. The van der Waals surface area contributed by atoms with Gasteiger partial charge in [-0.1, -0.05) is 31.9 Å². The summed E-state index contributed by atoms with van der Waals surface area (Å²) in [5, 5.41) is 21.6. The lowest BCUT2D eigenvalue weighted by atomic mass is 9.47. The van der Waals surface area contributed by atoms with E-state index in [2.05, 4.69) is 19.9 Å². The molecule has 2 N–H and O–H groups in total. The first kappa shape index (κ1) is 14.3. The van der Waals surface area contributed by atoms with Crippen LogP contribution in [0.5, 0.6) is 0 Å². The molecular weight excluding hydrogens is 260 g/mol. The molecule has 0 spiro atoms. The third kappa shape index (κ3) is 1.78. The standard InChI is InChI=1S/C19H30O2/c1-18-9-4-6-13(18)17-14(8-10-18)19(2)12(11-15(17)20)5-3-7-16(19)21/h11,13-17,20-21H,3-10H2,1-2H3/t13-,14-,15?,16?,17-,18-,19-/m0/s1. The van der Waals surface area contributed by atoms with Gasteiger partial charge < -0.3 is 10.2 Å². The summed E-state index contributed by atoms with van der Waals surface area (Å²) in [4.78, 5) is 0. The van der Waals surface area contributed by atoms with Crippen LogP contribution in [0.4, 0.5) is 0 Å². The second kappa shape index (κ2) is 4.58. The van der Waals surface area contributed by atoms with E-state index in [1.165, 1.54) is 37.7 Å². The molecule has 118 valence electrons. The summed E-state index contributed by atoms with van der Waals surface area (Å²) < 4.78 is 0. The third-order valence-electron chi connectivity index (χ3n) is 7.96. The molecule has 21 heavy (non-hydrogen) atoms. The zero-order valence-corrected chi connectivity index (χ0v) is 13.5. The number of hydrogen-bond acceptors (Lipinski definition) is 2. The molecule has 0 amide bonds. The molecule has 4 aliphatic rings. The number of hydrogen-bond donors (Lipinski definition) is 2. The number of rotatable bonds is 0. The van der Waals surface area contributed by atoms with Gasteiger partial charge >= 0.3 is 0 Å². The molecule has 0 bridgehead atoms. The van der Waals surface area contributed by atoms with Crippen molar-refractivity contribution in [3.05, 3.63) is 11.6 Å². The smallest absolute Gasteiger partial charge is 0.0757 e. The highest BCUT2D eigenvalue weighted by atomic mass is 16.3. The van der Waals surface area contributed by atoms with Gasteiger partial charge in [-0.2, -0.15) is 0 Å². The second-order valence-corrected chi connectivity index (χ2v) is 8.75. The second-order valence-electron chi connectivity index (χ2n) is 8.75. The highest BCUT2D eigenvalue weighted by molar-refractivity contribution is 5.28. The maximum Gasteiger partial charge on any atom is 0.0757 e. The van der Waals surface area contributed by atoms with Crippen molar-refractivity contribution in [1.29, 1.82) is 0 Å². The molecule has 0 aromatic rings. The van der Waals surface area contributed by atoms with Crippen molar-refractivity contribution in [2.45, 2.75) is 77.4 Å². The van der Waals surface area contributed by atoms with Gasteiger partial charge in [-0.25, -0.2) is 0 Å². The fourth-order valence-corrected chi connectivity index (χ4v) is 6.70. The van der Waals surface area contributed by atoms with Gasteiger partial charge in [0.25, 0.3) is 0 Å². The predicted octanol–water partition coefficient (Wildman–Crippen LogP) is 3.67. The fourth-order valence-electron chi connectivity index (χ4n) is 6.70. The molecule has 0 heterocycles. The summed E-state index contributed by atoms with van der Waals surface area (Å²) in [6, 6.07) is 0. The summed E-state index contributed by atoms with van der Waals surface area (Å²) in [6.07, 6.45) is 11.2. The van der Waals surface area contributed by atoms with Crippen molar-refractivity contribution in [3.8, 4) is 0 Å². The first-order valence-corrected chi connectivity index (χ1v) is 9.04. The van der Waals surface area contributed by atoms with E-state index in [0.29, 0.717) is 23.2 Å². The molecule has 2 nitrogen and oxygen atoms in total. The van der Waals surface area contributed by atoms with E-state index in [1.807, 2.05) is 0 Å². The molecule has 2 unspecified atom stereocenters. The Morgan fingerprint density at radius 3 is 2.62 bits per heavy atom. The van der Waals surface area contributed by atoms with Crippen molar-refractivity contribution in [2.75, 3.05) is 0 Å². The summed E-state index contributed by atoms with van der Waals surface area (Å²) in [5.41, 5.74) is 1.74. The van der Waals surface area contributed by atoms with Gasteiger partial charge in [0.05, 0.1) is 12.2 Å². The first-order chi connectivity index (χ1) is 9.97. The molecule has 2 heteroatoms. The minimum absolute atomic E-state index is 0.0634. The fraction of sp³-hybridized carbons (Fsp3) is 0.895. The molecule has 0 radical (unpaired) electrons. The molecule has 4 rings (SSSR count). The Morgan fingerprint density at radius 2 is 1.81 bits per heavy atom. The van der Waals surface area contributed by atoms with E-state index >= 15 is 0 Å². The van der Waals surface area contributed by atoms with Crippen LogP contribution >= 0.6 is 0 Å². The van der Waals surface area contributed by atoms with Gasteiger partial charge in [0.15, 0.2) is 0 Å². The molecule has 0 saturated heterocycles. The Bertz CT molecular complexity index is 470. The lowest BCUT2D eigenvalue weighted by Gasteiger charge is -2.59. The van der Waals surface area contributed by atoms with Gasteiger partial charge in [-0.05, 0) is 68.1 Å². The van der Waals surface area contributed by atoms with Crippen LogP contribution in [0.1, 0.15) is 65.2 Å². The monoisotopic (exact) mass is 290 g/mol. The minimum Gasteiger partial charge on any atom is -0.392 e. The van der Waals surface area contributed by atoms with Crippen LogP contribution in [0.15, 0.2) is 11.6 Å². The highest BCUT2D eigenvalue weighted by Gasteiger charge is 2.59. The topological polar surface area (TPSA) is 40.5 Å². The van der Waals surface area contributed by atoms with Crippen LogP contribution in [0.25, 0.3) is 0 Å². The number of aliphatic hydroxyl groups excluding tert-OH is 2. The Hall–Kier alpha value is -0.340. The third-order valence-corrected chi connectivity index (χ3v) is 7.96. The van der Waals surface area contributed by atoms with E-state index in [-0.39, 0.29) is 17.6 Å². The van der Waals surface area contributed by atoms with Gasteiger partial charge in [0.1, 0.15) is 0 Å². The summed E-state index contributed by atoms with van der Waals surface area (Å²) in [6.45, 7) is 4.75. The molecule has 0 aromatic carbocycles. The van der Waals surface area contributed by atoms with E-state index in [4.69, 9.17) is 0 Å². The minimum atomic E-state index is -0.272.